The Morgan fingerprint density at radius 3 is 2.48 bits per heavy atom. The summed E-state index contributed by atoms with van der Waals surface area (Å²) >= 11 is 3.32. The second-order valence-corrected chi connectivity index (χ2v) is 6.69. The smallest absolute Gasteiger partial charge is 0.410 e. The molecule has 1 amide bonds. The number of ether oxygens (including phenoxy) is 1. The number of benzene rings is 1. The lowest BCUT2D eigenvalue weighted by Gasteiger charge is -2.31. The Morgan fingerprint density at radius 1 is 1.29 bits per heavy atom. The van der Waals surface area contributed by atoms with Crippen LogP contribution in [0.1, 0.15) is 25.3 Å². The van der Waals surface area contributed by atoms with Crippen molar-refractivity contribution in [2.75, 3.05) is 13.1 Å². The largest absolute Gasteiger partial charge is 0.445 e. The zero-order valence-corrected chi connectivity index (χ0v) is 13.7. The highest BCUT2D eigenvalue weighted by Gasteiger charge is 2.29. The molecule has 1 aliphatic heterocycles. The maximum absolute atomic E-state index is 12.0. The van der Waals surface area contributed by atoms with Crippen LogP contribution in [0.5, 0.6) is 0 Å². The quantitative estimate of drug-likeness (QED) is 0.779. The monoisotopic (exact) mass is 353 g/mol. The van der Waals surface area contributed by atoms with E-state index < -0.39 is 0 Å². The van der Waals surface area contributed by atoms with Crippen LogP contribution < -0.4 is 0 Å². The molecule has 1 heterocycles. The van der Waals surface area contributed by atoms with Gasteiger partial charge in [0, 0.05) is 19.0 Å². The number of halogens is 1. The molecule has 1 fully saturated rings. The van der Waals surface area contributed by atoms with Crippen LogP contribution in [0.4, 0.5) is 4.79 Å². The van der Waals surface area contributed by atoms with E-state index in [1.54, 1.807) is 4.90 Å². The first-order chi connectivity index (χ1) is 10.1. The van der Waals surface area contributed by atoms with E-state index >= 15 is 0 Å². The van der Waals surface area contributed by atoms with E-state index in [-0.39, 0.29) is 29.2 Å². The van der Waals surface area contributed by atoms with Crippen LogP contribution >= 0.6 is 15.9 Å². The molecule has 0 bridgehead atoms. The Hall–Kier alpha value is -1.36. The Balaban J connectivity index is 1.77. The minimum Gasteiger partial charge on any atom is -0.445 e. The molecule has 0 saturated carbocycles. The number of carbonyl (C=O) groups is 2. The fourth-order valence-corrected chi connectivity index (χ4v) is 2.86. The van der Waals surface area contributed by atoms with Gasteiger partial charge in [0.25, 0.3) is 0 Å². The van der Waals surface area contributed by atoms with Crippen molar-refractivity contribution in [3.05, 3.63) is 35.9 Å². The van der Waals surface area contributed by atoms with Crippen molar-refractivity contribution in [1.82, 2.24) is 4.90 Å². The summed E-state index contributed by atoms with van der Waals surface area (Å²) < 4.78 is 5.30. The Kier molecular flexibility index (Phi) is 5.79. The highest BCUT2D eigenvalue weighted by atomic mass is 79.9. The molecule has 0 radical (unpaired) electrons. The number of ketones is 1. The molecule has 114 valence electrons. The summed E-state index contributed by atoms with van der Waals surface area (Å²) in [5, 5.41) is 0. The summed E-state index contributed by atoms with van der Waals surface area (Å²) in [6.07, 6.45) is 1.14. The first-order valence-corrected chi connectivity index (χ1v) is 8.13. The number of hydrogen-bond acceptors (Lipinski definition) is 3. The fraction of sp³-hybridized carbons (Fsp3) is 0.500. The van der Waals surface area contributed by atoms with Gasteiger partial charge in [0.05, 0.1) is 4.83 Å². The molecule has 1 unspecified atom stereocenters. The van der Waals surface area contributed by atoms with Crippen molar-refractivity contribution in [1.29, 1.82) is 0 Å². The molecule has 1 atom stereocenters. The maximum atomic E-state index is 12.0. The molecule has 1 aliphatic rings. The molecular weight excluding hydrogens is 334 g/mol. The van der Waals surface area contributed by atoms with Gasteiger partial charge in [-0.2, -0.15) is 0 Å². The van der Waals surface area contributed by atoms with Gasteiger partial charge in [0.2, 0.25) is 0 Å². The zero-order valence-electron chi connectivity index (χ0n) is 12.1. The SMILES string of the molecule is CC(Br)C(=O)C1CCN(C(=O)OCc2ccccc2)CC1. The summed E-state index contributed by atoms with van der Waals surface area (Å²) in [5.41, 5.74) is 0.976. The number of rotatable bonds is 4. The zero-order chi connectivity index (χ0) is 15.2. The van der Waals surface area contributed by atoms with Gasteiger partial charge in [0.1, 0.15) is 12.4 Å². The van der Waals surface area contributed by atoms with Crippen LogP contribution in [0.3, 0.4) is 0 Å². The number of hydrogen-bond donors (Lipinski definition) is 0. The number of Topliss-reactive ketones (excluding diaryl/α,β-unsaturated/α-hetero) is 1. The van der Waals surface area contributed by atoms with Gasteiger partial charge in [-0.1, -0.05) is 46.3 Å². The molecule has 1 aromatic rings. The average molecular weight is 354 g/mol. The van der Waals surface area contributed by atoms with E-state index in [1.165, 1.54) is 0 Å². The number of likely N-dealkylation sites (tertiary alicyclic amines) is 1. The standard InChI is InChI=1S/C16H20BrNO3/c1-12(17)15(19)14-7-9-18(10-8-14)16(20)21-11-13-5-3-2-4-6-13/h2-6,12,14H,7-11H2,1H3. The second kappa shape index (κ2) is 7.59. The molecule has 0 aliphatic carbocycles. The van der Waals surface area contributed by atoms with Crippen molar-refractivity contribution in [2.45, 2.75) is 31.2 Å². The third kappa shape index (κ3) is 4.56. The molecule has 21 heavy (non-hydrogen) atoms. The molecule has 0 N–H and O–H groups in total. The number of piperidine rings is 1. The first-order valence-electron chi connectivity index (χ1n) is 7.21. The van der Waals surface area contributed by atoms with Crippen LogP contribution in [0.15, 0.2) is 30.3 Å². The molecule has 5 heteroatoms. The van der Waals surface area contributed by atoms with Crippen LogP contribution in [0.25, 0.3) is 0 Å². The van der Waals surface area contributed by atoms with E-state index in [0.717, 1.165) is 18.4 Å². The van der Waals surface area contributed by atoms with Crippen molar-refractivity contribution in [3.63, 3.8) is 0 Å². The van der Waals surface area contributed by atoms with Gasteiger partial charge in [-0.25, -0.2) is 4.79 Å². The summed E-state index contributed by atoms with van der Waals surface area (Å²) in [6.45, 7) is 3.31. The molecule has 0 spiro atoms. The van der Waals surface area contributed by atoms with Gasteiger partial charge in [-0.05, 0) is 25.3 Å². The Morgan fingerprint density at radius 2 is 1.90 bits per heavy atom. The lowest BCUT2D eigenvalue weighted by molar-refractivity contribution is -0.123. The van der Waals surface area contributed by atoms with E-state index in [0.29, 0.717) is 13.1 Å². The highest BCUT2D eigenvalue weighted by molar-refractivity contribution is 9.10. The van der Waals surface area contributed by atoms with Crippen molar-refractivity contribution < 1.29 is 14.3 Å². The van der Waals surface area contributed by atoms with Gasteiger partial charge in [-0.15, -0.1) is 0 Å². The molecule has 1 aromatic carbocycles. The summed E-state index contributed by atoms with van der Waals surface area (Å²) in [4.78, 5) is 25.5. The third-order valence-electron chi connectivity index (χ3n) is 3.75. The minimum absolute atomic E-state index is 0.0533. The van der Waals surface area contributed by atoms with E-state index in [1.807, 2.05) is 37.3 Å². The van der Waals surface area contributed by atoms with Gasteiger partial charge >= 0.3 is 6.09 Å². The van der Waals surface area contributed by atoms with Crippen LogP contribution in [0.2, 0.25) is 0 Å². The predicted molar refractivity (Wildman–Crippen MR) is 84.3 cm³/mol. The maximum Gasteiger partial charge on any atom is 0.410 e. The number of nitrogens with zero attached hydrogens (tertiary/aromatic N) is 1. The lowest BCUT2D eigenvalue weighted by atomic mass is 9.91. The summed E-state index contributed by atoms with van der Waals surface area (Å²) in [5.74, 6) is 0.282. The van der Waals surface area contributed by atoms with Gasteiger partial charge < -0.3 is 9.64 Å². The van der Waals surface area contributed by atoms with Crippen LogP contribution in [-0.2, 0) is 16.1 Å². The molecule has 4 nitrogen and oxygen atoms in total. The topological polar surface area (TPSA) is 46.6 Å². The normalized spacial score (nSPS) is 17.3. The molecule has 0 aromatic heterocycles. The molecule has 2 rings (SSSR count). The molecular formula is C16H20BrNO3. The van der Waals surface area contributed by atoms with Crippen molar-refractivity contribution in [3.8, 4) is 0 Å². The van der Waals surface area contributed by atoms with E-state index in [4.69, 9.17) is 4.74 Å². The number of alkyl halides is 1. The summed E-state index contributed by atoms with van der Waals surface area (Å²) in [7, 11) is 0. The van der Waals surface area contributed by atoms with Crippen LogP contribution in [0, 0.1) is 5.92 Å². The van der Waals surface area contributed by atoms with Gasteiger partial charge in [0.15, 0.2) is 0 Å². The van der Waals surface area contributed by atoms with Crippen LogP contribution in [-0.4, -0.2) is 34.7 Å². The molecule has 1 saturated heterocycles. The number of amides is 1. The highest BCUT2D eigenvalue weighted by Crippen LogP contribution is 2.22. The third-order valence-corrected chi connectivity index (χ3v) is 4.20. The van der Waals surface area contributed by atoms with E-state index in [9.17, 15) is 9.59 Å². The Bertz CT molecular complexity index is 482. The summed E-state index contributed by atoms with van der Waals surface area (Å²) in [6, 6.07) is 9.62. The van der Waals surface area contributed by atoms with E-state index in [2.05, 4.69) is 15.9 Å². The van der Waals surface area contributed by atoms with Gasteiger partial charge in [-0.3, -0.25) is 4.79 Å². The Labute approximate surface area is 133 Å². The predicted octanol–water partition coefficient (Wildman–Crippen LogP) is 3.39. The van der Waals surface area contributed by atoms with Crippen molar-refractivity contribution in [2.24, 2.45) is 5.92 Å². The lowest BCUT2D eigenvalue weighted by Crippen LogP contribution is -2.41. The first kappa shape index (κ1) is 16.0. The number of carbonyl (C=O) groups excluding carboxylic acids is 2. The average Bonchev–Trinajstić information content (AvgIpc) is 2.53. The van der Waals surface area contributed by atoms with Crippen molar-refractivity contribution >= 4 is 27.8 Å². The second-order valence-electron chi connectivity index (χ2n) is 5.32. The fourth-order valence-electron chi connectivity index (χ4n) is 2.48. The minimum atomic E-state index is -0.295.